The van der Waals surface area contributed by atoms with Gasteiger partial charge in [-0.1, -0.05) is 12.1 Å². The lowest BCUT2D eigenvalue weighted by molar-refractivity contribution is -0.115. The highest BCUT2D eigenvalue weighted by Crippen LogP contribution is 2.39. The smallest absolute Gasteiger partial charge is 0.335 e. The van der Waals surface area contributed by atoms with E-state index in [0.29, 0.717) is 11.3 Å². The Balaban J connectivity index is 1.13. The molecular weight excluding hydrogens is 748 g/mol. The van der Waals surface area contributed by atoms with E-state index < -0.39 is 41.5 Å². The third-order valence-electron chi connectivity index (χ3n) is 8.10. The Morgan fingerprint density at radius 2 is 1.31 bits per heavy atom. The van der Waals surface area contributed by atoms with Gasteiger partial charge in [0.1, 0.15) is 11.4 Å². The van der Waals surface area contributed by atoms with Gasteiger partial charge in [-0.2, -0.15) is 0 Å². The van der Waals surface area contributed by atoms with Crippen molar-refractivity contribution in [3.05, 3.63) is 137 Å². The summed E-state index contributed by atoms with van der Waals surface area (Å²) in [7, 11) is 0. The molecule has 0 aliphatic carbocycles. The van der Waals surface area contributed by atoms with Crippen LogP contribution in [0.15, 0.2) is 109 Å². The number of nitrogens with zero attached hydrogens (tertiary/aromatic N) is 1. The molecule has 0 unspecified atom stereocenters. The third kappa shape index (κ3) is 11.0. The molecule has 0 bridgehead atoms. The first kappa shape index (κ1) is 41.2. The number of pyridine rings is 1. The van der Waals surface area contributed by atoms with Crippen LogP contribution in [0, 0.1) is 0 Å². The van der Waals surface area contributed by atoms with Gasteiger partial charge in [0, 0.05) is 22.5 Å². The number of carbonyl (C=O) groups excluding carboxylic acids is 5. The van der Waals surface area contributed by atoms with Crippen LogP contribution in [0.5, 0.6) is 17.2 Å². The molecular formula is C42H38N6O10. The van der Waals surface area contributed by atoms with Crippen molar-refractivity contribution in [1.29, 1.82) is 0 Å². The zero-order chi connectivity index (χ0) is 41.9. The first-order valence-corrected chi connectivity index (χ1v) is 17.6. The number of ether oxygens (including phenoxy) is 1. The molecule has 1 aromatic heterocycles. The largest absolute Gasteiger partial charge is 0.508 e. The van der Waals surface area contributed by atoms with E-state index in [0.717, 1.165) is 5.56 Å². The number of phenols is 2. The van der Waals surface area contributed by atoms with Gasteiger partial charge in [-0.25, -0.2) is 9.78 Å². The number of benzene rings is 4. The summed E-state index contributed by atoms with van der Waals surface area (Å²) in [5, 5.41) is 42.5. The van der Waals surface area contributed by atoms with Crippen molar-refractivity contribution >= 4 is 64.3 Å². The molecule has 4 aromatic carbocycles. The summed E-state index contributed by atoms with van der Waals surface area (Å²) in [6.45, 7) is 4.64. The quantitative estimate of drug-likeness (QED) is 0.0617. The molecule has 5 aromatic rings. The molecule has 8 N–H and O–H groups in total. The minimum Gasteiger partial charge on any atom is -0.508 e. The molecule has 0 atom stereocenters. The number of nitrogens with one attached hydrogen (secondary N) is 5. The minimum absolute atomic E-state index is 0.0301. The van der Waals surface area contributed by atoms with Crippen molar-refractivity contribution in [2.24, 2.45) is 0 Å². The monoisotopic (exact) mass is 786 g/mol. The van der Waals surface area contributed by atoms with Gasteiger partial charge in [0.25, 0.3) is 23.6 Å². The number of anilines is 4. The van der Waals surface area contributed by atoms with Crippen LogP contribution in [0.4, 0.5) is 22.7 Å². The number of carboxylic acids is 1. The second kappa shape index (κ2) is 18.5. The van der Waals surface area contributed by atoms with E-state index in [4.69, 9.17) is 9.84 Å². The number of amides is 5. The molecule has 0 aliphatic rings. The molecule has 296 valence electrons. The Labute approximate surface area is 331 Å². The molecule has 16 nitrogen and oxygen atoms in total. The van der Waals surface area contributed by atoms with Crippen LogP contribution in [0.3, 0.4) is 0 Å². The summed E-state index contributed by atoms with van der Waals surface area (Å²) in [5.74, 6) is -4.58. The maximum Gasteiger partial charge on any atom is 0.335 e. The summed E-state index contributed by atoms with van der Waals surface area (Å²) in [4.78, 5) is 79.2. The summed E-state index contributed by atoms with van der Waals surface area (Å²) in [6, 6.07) is 23.3. The zero-order valence-corrected chi connectivity index (χ0v) is 31.3. The first-order valence-electron chi connectivity index (χ1n) is 17.6. The number of aromatic carboxylic acids is 1. The van der Waals surface area contributed by atoms with Crippen molar-refractivity contribution in [2.45, 2.75) is 26.9 Å². The molecule has 0 aliphatic heterocycles. The number of carbonyl (C=O) groups is 6. The summed E-state index contributed by atoms with van der Waals surface area (Å²) in [6.07, 6.45) is 2.44. The van der Waals surface area contributed by atoms with E-state index in [1.54, 1.807) is 51.1 Å². The summed E-state index contributed by atoms with van der Waals surface area (Å²) in [5.41, 5.74) is 2.23. The maximum absolute atomic E-state index is 13.1. The van der Waals surface area contributed by atoms with E-state index in [2.05, 4.69) is 31.6 Å². The second-order valence-electron chi connectivity index (χ2n) is 12.9. The number of rotatable bonds is 14. The normalized spacial score (nSPS) is 10.9. The first-order chi connectivity index (χ1) is 27.7. The van der Waals surface area contributed by atoms with Crippen molar-refractivity contribution < 1.29 is 48.8 Å². The SMILES string of the molecule is C/C(=C\c1ccc(O)cc1)C(=O)Nc1ccc(C(=O)NCC(=O)Nc2ccc(C(=O)Nc3ccc(C(=O)Nc4ccc(C(=O)O)cc4)c(O)c3OC(C)C)nc2)cc1. The average Bonchev–Trinajstić information content (AvgIpc) is 3.19. The van der Waals surface area contributed by atoms with Gasteiger partial charge in [-0.3, -0.25) is 24.0 Å². The van der Waals surface area contributed by atoms with Crippen LogP contribution in [-0.4, -0.2) is 68.5 Å². The number of aromatic hydroxyl groups is 2. The van der Waals surface area contributed by atoms with Crippen LogP contribution in [0.1, 0.15) is 67.9 Å². The van der Waals surface area contributed by atoms with Crippen LogP contribution in [-0.2, 0) is 9.59 Å². The lowest BCUT2D eigenvalue weighted by Gasteiger charge is -2.18. The van der Waals surface area contributed by atoms with E-state index >= 15 is 0 Å². The molecule has 1 heterocycles. The number of phenolic OH excluding ortho intramolecular Hbond substituents is 2. The molecule has 5 amide bonds. The number of hydrogen-bond donors (Lipinski definition) is 8. The topological polar surface area (TPSA) is 245 Å². The summed E-state index contributed by atoms with van der Waals surface area (Å²) < 4.78 is 5.74. The van der Waals surface area contributed by atoms with Gasteiger partial charge in [-0.15, -0.1) is 0 Å². The Hall–Kier alpha value is -8.01. The molecule has 0 fully saturated rings. The molecule has 16 heteroatoms. The fraction of sp³-hybridized carbons (Fsp3) is 0.119. The van der Waals surface area contributed by atoms with Crippen molar-refractivity contribution in [2.75, 3.05) is 27.8 Å². The van der Waals surface area contributed by atoms with Crippen LogP contribution in [0.2, 0.25) is 0 Å². The predicted molar refractivity (Wildman–Crippen MR) is 215 cm³/mol. The minimum atomic E-state index is -1.13. The summed E-state index contributed by atoms with van der Waals surface area (Å²) >= 11 is 0. The second-order valence-corrected chi connectivity index (χ2v) is 12.9. The average molecular weight is 787 g/mol. The molecule has 0 radical (unpaired) electrons. The molecule has 0 saturated heterocycles. The third-order valence-corrected chi connectivity index (χ3v) is 8.10. The Morgan fingerprint density at radius 1 is 0.690 bits per heavy atom. The van der Waals surface area contributed by atoms with Crippen molar-refractivity contribution in [3.63, 3.8) is 0 Å². The van der Waals surface area contributed by atoms with Gasteiger partial charge in [0.2, 0.25) is 5.91 Å². The van der Waals surface area contributed by atoms with Crippen molar-refractivity contribution in [1.82, 2.24) is 10.3 Å². The van der Waals surface area contributed by atoms with Gasteiger partial charge in [0.15, 0.2) is 11.5 Å². The van der Waals surface area contributed by atoms with Gasteiger partial charge < -0.3 is 46.6 Å². The van der Waals surface area contributed by atoms with Crippen LogP contribution >= 0.6 is 0 Å². The Morgan fingerprint density at radius 3 is 1.91 bits per heavy atom. The van der Waals surface area contributed by atoms with Crippen molar-refractivity contribution in [3.8, 4) is 17.2 Å². The highest BCUT2D eigenvalue weighted by molar-refractivity contribution is 6.09. The van der Waals surface area contributed by atoms with E-state index in [1.165, 1.54) is 79.0 Å². The number of carboxylic acid groups (broad SMARTS) is 1. The molecule has 0 spiro atoms. The highest BCUT2D eigenvalue weighted by atomic mass is 16.5. The van der Waals surface area contributed by atoms with Gasteiger partial charge in [-0.05, 0) is 117 Å². The van der Waals surface area contributed by atoms with E-state index in [1.807, 2.05) is 0 Å². The molecule has 0 saturated carbocycles. The fourth-order valence-electron chi connectivity index (χ4n) is 5.18. The van der Waals surface area contributed by atoms with Crippen LogP contribution in [0.25, 0.3) is 6.08 Å². The lowest BCUT2D eigenvalue weighted by Crippen LogP contribution is -2.32. The van der Waals surface area contributed by atoms with Gasteiger partial charge >= 0.3 is 5.97 Å². The molecule has 5 rings (SSSR count). The standard InChI is InChI=1S/C42H38N6O10/c1-23(2)58-37-33(19-17-32(36(37)51)40(54)47-29-12-8-27(9-13-29)42(56)57)48-41(55)34-18-14-30(21-43-34)45-35(50)22-44-39(53)26-6-10-28(11-7-26)46-38(52)24(3)20-25-4-15-31(49)16-5-25/h4-21,23,49,51H,22H2,1-3H3,(H,44,53)(H,45,50)(H,46,52)(H,47,54)(H,48,55)(H,56,57)/b24-20+. The number of hydrogen-bond acceptors (Lipinski definition) is 10. The van der Waals surface area contributed by atoms with Gasteiger partial charge in [0.05, 0.1) is 41.3 Å². The Kier molecular flexibility index (Phi) is 13.2. The Bertz CT molecular complexity index is 2380. The highest BCUT2D eigenvalue weighted by Gasteiger charge is 2.22. The maximum atomic E-state index is 13.1. The molecule has 58 heavy (non-hydrogen) atoms. The fourth-order valence-corrected chi connectivity index (χ4v) is 5.18. The number of aromatic nitrogens is 1. The van der Waals surface area contributed by atoms with Crippen LogP contribution < -0.4 is 31.3 Å². The lowest BCUT2D eigenvalue weighted by atomic mass is 10.1. The zero-order valence-electron chi connectivity index (χ0n) is 31.3. The van der Waals surface area contributed by atoms with E-state index in [9.17, 15) is 39.0 Å². The van der Waals surface area contributed by atoms with E-state index in [-0.39, 0.29) is 63.4 Å². The predicted octanol–water partition coefficient (Wildman–Crippen LogP) is 5.89.